The maximum absolute atomic E-state index is 13.5. The van der Waals surface area contributed by atoms with Crippen LogP contribution in [0.2, 0.25) is 0 Å². The van der Waals surface area contributed by atoms with E-state index in [2.05, 4.69) is 5.32 Å². The molecule has 0 bridgehead atoms. The molecular weight excluding hydrogens is 390 g/mol. The Bertz CT molecular complexity index is 1120. The van der Waals surface area contributed by atoms with Gasteiger partial charge in [0.25, 0.3) is 5.56 Å². The van der Waals surface area contributed by atoms with Crippen molar-refractivity contribution in [1.29, 1.82) is 0 Å². The van der Waals surface area contributed by atoms with Gasteiger partial charge >= 0.3 is 0 Å². The topological polar surface area (TPSA) is 64.0 Å². The third kappa shape index (κ3) is 3.16. The van der Waals surface area contributed by atoms with Crippen molar-refractivity contribution in [2.24, 2.45) is 0 Å². The van der Waals surface area contributed by atoms with Gasteiger partial charge in [-0.25, -0.2) is 4.98 Å². The number of para-hydroxylation sites is 1. The molecule has 0 aliphatic heterocycles. The Kier molecular flexibility index (Phi) is 4.51. The number of fused-ring (bicyclic) bond motifs is 3. The van der Waals surface area contributed by atoms with Crippen molar-refractivity contribution in [3.8, 4) is 5.69 Å². The fraction of sp³-hybridized carbons (Fsp3) is 0.381. The van der Waals surface area contributed by atoms with E-state index in [9.17, 15) is 9.59 Å². The van der Waals surface area contributed by atoms with Crippen LogP contribution in [-0.4, -0.2) is 26.8 Å². The number of carbonyl (C=O) groups excluding carboxylic acids is 1. The van der Waals surface area contributed by atoms with Gasteiger partial charge in [-0.1, -0.05) is 30.0 Å². The summed E-state index contributed by atoms with van der Waals surface area (Å²) < 4.78 is 1.68. The minimum atomic E-state index is -0.313. The Morgan fingerprint density at radius 3 is 2.82 bits per heavy atom. The molecule has 5 rings (SSSR count). The van der Waals surface area contributed by atoms with Crippen LogP contribution in [0.5, 0.6) is 0 Å². The fourth-order valence-corrected chi connectivity index (χ4v) is 5.90. The lowest BCUT2D eigenvalue weighted by molar-refractivity contribution is -0.120. The highest BCUT2D eigenvalue weighted by Crippen LogP contribution is 2.36. The van der Waals surface area contributed by atoms with Crippen LogP contribution in [0.1, 0.15) is 36.6 Å². The number of nitrogens with one attached hydrogen (secondary N) is 1. The largest absolute Gasteiger partial charge is 0.352 e. The number of aryl methyl sites for hydroxylation is 2. The number of thioether (sulfide) groups is 1. The summed E-state index contributed by atoms with van der Waals surface area (Å²) >= 11 is 3.00. The summed E-state index contributed by atoms with van der Waals surface area (Å²) in [7, 11) is 0. The first-order valence-corrected chi connectivity index (χ1v) is 11.4. The van der Waals surface area contributed by atoms with Gasteiger partial charge in [-0.05, 0) is 56.7 Å². The lowest BCUT2D eigenvalue weighted by atomic mass is 10.2. The molecule has 28 heavy (non-hydrogen) atoms. The van der Waals surface area contributed by atoms with Crippen molar-refractivity contribution >= 4 is 39.2 Å². The standard InChI is InChI=1S/C21H21N3O2S2/c1-12(18(25)22-13-10-11-13)27-21-23-19-17(15-8-5-9-16(15)28-19)20(26)24(21)14-6-3-2-4-7-14/h2-4,6-7,12-13H,5,8-11H2,1H3,(H,22,25)/t12-/m0/s1. The van der Waals surface area contributed by atoms with Gasteiger partial charge in [0.1, 0.15) is 4.83 Å². The molecule has 1 aromatic carbocycles. The van der Waals surface area contributed by atoms with Gasteiger partial charge in [0.15, 0.2) is 5.16 Å². The summed E-state index contributed by atoms with van der Waals surface area (Å²) in [5.74, 6) is 0.00938. The average molecular weight is 412 g/mol. The molecule has 3 aromatic rings. The first kappa shape index (κ1) is 17.9. The molecule has 1 N–H and O–H groups in total. The van der Waals surface area contributed by atoms with E-state index in [-0.39, 0.29) is 16.7 Å². The van der Waals surface area contributed by atoms with E-state index in [1.165, 1.54) is 22.2 Å². The Morgan fingerprint density at radius 1 is 1.29 bits per heavy atom. The Hall–Kier alpha value is -2.12. The molecule has 0 unspecified atom stereocenters. The average Bonchev–Trinajstić information content (AvgIpc) is 3.26. The predicted octanol–water partition coefficient (Wildman–Crippen LogP) is 3.70. The molecule has 0 spiro atoms. The number of hydrogen-bond donors (Lipinski definition) is 1. The molecule has 1 amide bonds. The quantitative estimate of drug-likeness (QED) is 0.514. The molecule has 0 radical (unpaired) electrons. The summed E-state index contributed by atoms with van der Waals surface area (Å²) in [6, 6.07) is 9.92. The van der Waals surface area contributed by atoms with Gasteiger partial charge in [0.2, 0.25) is 5.91 Å². The maximum atomic E-state index is 13.5. The molecule has 2 heterocycles. The van der Waals surface area contributed by atoms with E-state index >= 15 is 0 Å². The van der Waals surface area contributed by atoms with Crippen molar-refractivity contribution in [2.75, 3.05) is 0 Å². The molecule has 2 aliphatic carbocycles. The number of nitrogens with zero attached hydrogens (tertiary/aromatic N) is 2. The van der Waals surface area contributed by atoms with Gasteiger partial charge in [0, 0.05) is 10.9 Å². The number of hydrogen-bond acceptors (Lipinski definition) is 5. The molecule has 7 heteroatoms. The zero-order chi connectivity index (χ0) is 19.3. The molecule has 144 valence electrons. The minimum Gasteiger partial charge on any atom is -0.352 e. The first-order valence-electron chi connectivity index (χ1n) is 9.71. The Labute approximate surface area is 171 Å². The smallest absolute Gasteiger partial charge is 0.267 e. The SMILES string of the molecule is C[C@H](Sc1nc2sc3c(c2c(=O)n1-c1ccccc1)CCC3)C(=O)NC1CC1. The molecule has 1 atom stereocenters. The molecule has 1 fully saturated rings. The van der Waals surface area contributed by atoms with E-state index in [1.807, 2.05) is 37.3 Å². The van der Waals surface area contributed by atoms with Crippen LogP contribution in [0.4, 0.5) is 0 Å². The monoisotopic (exact) mass is 411 g/mol. The van der Waals surface area contributed by atoms with Crippen LogP contribution in [0.3, 0.4) is 0 Å². The second-order valence-corrected chi connectivity index (χ2v) is 9.84. The highest BCUT2D eigenvalue weighted by Gasteiger charge is 2.28. The van der Waals surface area contributed by atoms with E-state index in [1.54, 1.807) is 15.9 Å². The lowest BCUT2D eigenvalue weighted by Crippen LogP contribution is -2.33. The molecule has 1 saturated carbocycles. The van der Waals surface area contributed by atoms with Crippen molar-refractivity contribution in [1.82, 2.24) is 14.9 Å². The van der Waals surface area contributed by atoms with Gasteiger partial charge in [-0.2, -0.15) is 0 Å². The number of thiophene rings is 1. The van der Waals surface area contributed by atoms with Crippen molar-refractivity contribution in [3.05, 3.63) is 51.1 Å². The highest BCUT2D eigenvalue weighted by atomic mass is 32.2. The molecule has 5 nitrogen and oxygen atoms in total. The van der Waals surface area contributed by atoms with Crippen molar-refractivity contribution in [3.63, 3.8) is 0 Å². The van der Waals surface area contributed by atoms with E-state index in [0.29, 0.717) is 11.2 Å². The summed E-state index contributed by atoms with van der Waals surface area (Å²) in [6.07, 6.45) is 5.21. The van der Waals surface area contributed by atoms with Crippen LogP contribution in [0.25, 0.3) is 15.9 Å². The summed E-state index contributed by atoms with van der Waals surface area (Å²) in [5.41, 5.74) is 1.95. The van der Waals surface area contributed by atoms with Crippen LogP contribution in [-0.2, 0) is 17.6 Å². The van der Waals surface area contributed by atoms with E-state index in [0.717, 1.165) is 48.0 Å². The molecule has 2 aromatic heterocycles. The second kappa shape index (κ2) is 7.04. The zero-order valence-corrected chi connectivity index (χ0v) is 17.2. The van der Waals surface area contributed by atoms with Gasteiger partial charge in [-0.3, -0.25) is 14.2 Å². The summed E-state index contributed by atoms with van der Waals surface area (Å²) in [5, 5.41) is 4.08. The normalized spacial score (nSPS) is 16.9. The van der Waals surface area contributed by atoms with Crippen LogP contribution >= 0.6 is 23.1 Å². The Balaban J connectivity index is 1.62. The fourth-order valence-electron chi connectivity index (χ4n) is 3.67. The van der Waals surface area contributed by atoms with Crippen molar-refractivity contribution < 1.29 is 4.79 Å². The summed E-state index contributed by atoms with van der Waals surface area (Å²) in [4.78, 5) is 32.9. The number of benzene rings is 1. The maximum Gasteiger partial charge on any atom is 0.267 e. The predicted molar refractivity (Wildman–Crippen MR) is 114 cm³/mol. The third-order valence-electron chi connectivity index (χ3n) is 5.30. The third-order valence-corrected chi connectivity index (χ3v) is 7.54. The van der Waals surface area contributed by atoms with E-state index < -0.39 is 0 Å². The molecule has 2 aliphatic rings. The number of carbonyl (C=O) groups is 1. The van der Waals surface area contributed by atoms with Gasteiger partial charge in [-0.15, -0.1) is 11.3 Å². The van der Waals surface area contributed by atoms with Crippen molar-refractivity contribution in [2.45, 2.75) is 55.5 Å². The van der Waals surface area contributed by atoms with Gasteiger partial charge in [0.05, 0.1) is 16.3 Å². The second-order valence-electron chi connectivity index (χ2n) is 7.45. The molecule has 0 saturated heterocycles. The first-order chi connectivity index (χ1) is 13.6. The summed E-state index contributed by atoms with van der Waals surface area (Å²) in [6.45, 7) is 1.88. The van der Waals surface area contributed by atoms with Crippen LogP contribution in [0.15, 0.2) is 40.3 Å². The molecular formula is C21H21N3O2S2. The number of amides is 1. The minimum absolute atomic E-state index is 0.00938. The zero-order valence-electron chi connectivity index (χ0n) is 15.6. The van der Waals surface area contributed by atoms with Gasteiger partial charge < -0.3 is 5.32 Å². The number of rotatable bonds is 5. The van der Waals surface area contributed by atoms with Crippen LogP contribution < -0.4 is 10.9 Å². The van der Waals surface area contributed by atoms with Crippen LogP contribution in [0, 0.1) is 0 Å². The van der Waals surface area contributed by atoms with E-state index in [4.69, 9.17) is 4.98 Å². The number of aromatic nitrogens is 2. The highest BCUT2D eigenvalue weighted by molar-refractivity contribution is 8.00. The lowest BCUT2D eigenvalue weighted by Gasteiger charge is -2.16. The Morgan fingerprint density at radius 2 is 2.07 bits per heavy atom.